The second kappa shape index (κ2) is 6.80. The molecule has 0 aromatic carbocycles. The third-order valence-electron chi connectivity index (χ3n) is 0.957. The van der Waals surface area contributed by atoms with Gasteiger partial charge in [0.25, 0.3) is 0 Å². The average Bonchev–Trinajstić information content (AvgIpc) is 1.69. The third kappa shape index (κ3) is 6.80. The van der Waals surface area contributed by atoms with Crippen molar-refractivity contribution in [3.05, 3.63) is 0 Å². The molecule has 0 aliphatic carbocycles. The van der Waals surface area contributed by atoms with Crippen LogP contribution in [0.4, 0.5) is 0 Å². The van der Waals surface area contributed by atoms with Gasteiger partial charge in [-0.2, -0.15) is 0 Å². The second-order valence-electron chi connectivity index (χ2n) is 1.71. The summed E-state index contributed by atoms with van der Waals surface area (Å²) in [4.78, 5) is 0. The van der Waals surface area contributed by atoms with Crippen LogP contribution >= 0.6 is 0 Å². The molecule has 0 aliphatic heterocycles. The molecule has 0 spiro atoms. The van der Waals surface area contributed by atoms with Crippen molar-refractivity contribution in [2.45, 2.75) is 35.6 Å². The van der Waals surface area contributed by atoms with Crippen LogP contribution in [-0.4, -0.2) is 21.1 Å². The van der Waals surface area contributed by atoms with Gasteiger partial charge >= 0.3 is 56.7 Å². The monoisotopic (exact) mass is 206 g/mol. The molecule has 0 aliphatic rings. The molecule has 2 radical (unpaired) electrons. The Kier molecular flexibility index (Phi) is 7.57. The molecule has 0 bridgehead atoms. The maximum atomic E-state index is 2.32. The van der Waals surface area contributed by atoms with E-state index in [4.69, 9.17) is 0 Å². The van der Waals surface area contributed by atoms with Gasteiger partial charge in [0.15, 0.2) is 0 Å². The number of hydrogen-bond acceptors (Lipinski definition) is 0. The summed E-state index contributed by atoms with van der Waals surface area (Å²) in [5, 5.41) is 0. The standard InChI is InChI=1S/C4H9.C2H5.Sn/c1-3-4-2;1-2;/h1,3-4H2,2H3;1H2,2H3;. The summed E-state index contributed by atoms with van der Waals surface area (Å²) < 4.78 is 3.14. The normalized spacial score (nSPS) is 9.43. The average molecular weight is 205 g/mol. The summed E-state index contributed by atoms with van der Waals surface area (Å²) in [6, 6.07) is 0. The Morgan fingerprint density at radius 2 is 2.00 bits per heavy atom. The summed E-state index contributed by atoms with van der Waals surface area (Å²) in [5.74, 6) is 0. The topological polar surface area (TPSA) is 0 Å². The van der Waals surface area contributed by atoms with E-state index in [0.717, 1.165) is 0 Å². The van der Waals surface area contributed by atoms with Crippen molar-refractivity contribution in [3.63, 3.8) is 0 Å². The second-order valence-corrected chi connectivity index (χ2v) is 6.58. The molecular formula is C6H14Sn. The minimum atomic E-state index is 0.184. The van der Waals surface area contributed by atoms with Gasteiger partial charge in [0.2, 0.25) is 0 Å². The first-order valence-electron chi connectivity index (χ1n) is 3.12. The van der Waals surface area contributed by atoms with Gasteiger partial charge in [0.05, 0.1) is 0 Å². The quantitative estimate of drug-likeness (QED) is 0.488. The van der Waals surface area contributed by atoms with E-state index in [9.17, 15) is 0 Å². The van der Waals surface area contributed by atoms with Crippen LogP contribution in [0.25, 0.3) is 0 Å². The van der Waals surface area contributed by atoms with E-state index < -0.39 is 0 Å². The van der Waals surface area contributed by atoms with Gasteiger partial charge in [-0.1, -0.05) is 0 Å². The molecule has 0 aromatic rings. The first-order chi connectivity index (χ1) is 3.41. The van der Waals surface area contributed by atoms with E-state index in [1.165, 1.54) is 17.3 Å². The minimum absolute atomic E-state index is 0.184. The molecule has 0 unspecified atom stereocenters. The van der Waals surface area contributed by atoms with Crippen LogP contribution in [0.2, 0.25) is 8.87 Å². The predicted molar refractivity (Wildman–Crippen MR) is 35.9 cm³/mol. The van der Waals surface area contributed by atoms with E-state index in [1.54, 1.807) is 4.44 Å². The Labute approximate surface area is 56.9 Å². The number of hydrogen-bond donors (Lipinski definition) is 0. The fourth-order valence-electron chi connectivity index (χ4n) is 0.479. The zero-order valence-electron chi connectivity index (χ0n) is 5.33. The number of unbranched alkanes of at least 4 members (excludes halogenated alkanes) is 1. The van der Waals surface area contributed by atoms with Crippen molar-refractivity contribution in [3.8, 4) is 0 Å². The molecule has 42 valence electrons. The molecular weight excluding hydrogens is 191 g/mol. The summed E-state index contributed by atoms with van der Waals surface area (Å²) in [6.07, 6.45) is 2.90. The first-order valence-corrected chi connectivity index (χ1v) is 7.16. The van der Waals surface area contributed by atoms with Crippen LogP contribution in [0.5, 0.6) is 0 Å². The molecule has 1 heteroatoms. The Hall–Kier alpha value is 0.799. The van der Waals surface area contributed by atoms with Gasteiger partial charge < -0.3 is 0 Å². The number of rotatable bonds is 4. The van der Waals surface area contributed by atoms with Gasteiger partial charge in [-0.25, -0.2) is 0 Å². The molecule has 0 nitrogen and oxygen atoms in total. The molecule has 0 saturated carbocycles. The van der Waals surface area contributed by atoms with E-state index in [0.29, 0.717) is 0 Å². The SMILES string of the molecule is CCC[CH2][Sn][CH2]C. The van der Waals surface area contributed by atoms with Crippen molar-refractivity contribution in [2.75, 3.05) is 0 Å². The van der Waals surface area contributed by atoms with Crippen molar-refractivity contribution in [2.24, 2.45) is 0 Å². The maximum absolute atomic E-state index is 2.32. The van der Waals surface area contributed by atoms with Crippen LogP contribution in [-0.2, 0) is 0 Å². The molecule has 0 rings (SSSR count). The molecule has 0 N–H and O–H groups in total. The van der Waals surface area contributed by atoms with E-state index in [-0.39, 0.29) is 21.1 Å². The fourth-order valence-corrected chi connectivity index (χ4v) is 3.21. The molecule has 0 aromatic heterocycles. The molecule has 0 saturated heterocycles. The van der Waals surface area contributed by atoms with E-state index in [2.05, 4.69) is 13.8 Å². The summed E-state index contributed by atoms with van der Waals surface area (Å²) >= 11 is 0.184. The van der Waals surface area contributed by atoms with E-state index in [1.807, 2.05) is 0 Å². The van der Waals surface area contributed by atoms with E-state index >= 15 is 0 Å². The van der Waals surface area contributed by atoms with Crippen molar-refractivity contribution in [1.29, 1.82) is 0 Å². The summed E-state index contributed by atoms with van der Waals surface area (Å²) in [6.45, 7) is 4.59. The molecule has 7 heavy (non-hydrogen) atoms. The van der Waals surface area contributed by atoms with Gasteiger partial charge in [-0.05, 0) is 0 Å². The van der Waals surface area contributed by atoms with Crippen molar-refractivity contribution < 1.29 is 0 Å². The van der Waals surface area contributed by atoms with Gasteiger partial charge in [-0.15, -0.1) is 0 Å². The third-order valence-corrected chi connectivity index (χ3v) is 4.40. The zero-order chi connectivity index (χ0) is 5.54. The zero-order valence-corrected chi connectivity index (χ0v) is 8.18. The predicted octanol–water partition coefficient (Wildman–Crippen LogP) is 2.35. The van der Waals surface area contributed by atoms with Crippen LogP contribution < -0.4 is 0 Å². The Bertz CT molecular complexity index is 23.4. The molecule has 0 heterocycles. The van der Waals surface area contributed by atoms with Crippen LogP contribution in [0, 0.1) is 0 Å². The molecule has 0 fully saturated rings. The van der Waals surface area contributed by atoms with Crippen LogP contribution in [0.15, 0.2) is 0 Å². The Morgan fingerprint density at radius 3 is 2.43 bits per heavy atom. The van der Waals surface area contributed by atoms with Gasteiger partial charge in [0, 0.05) is 0 Å². The van der Waals surface area contributed by atoms with Crippen LogP contribution in [0.1, 0.15) is 26.7 Å². The Morgan fingerprint density at radius 1 is 1.29 bits per heavy atom. The first kappa shape index (κ1) is 7.80. The van der Waals surface area contributed by atoms with Crippen molar-refractivity contribution in [1.82, 2.24) is 0 Å². The fraction of sp³-hybridized carbons (Fsp3) is 1.00. The van der Waals surface area contributed by atoms with Gasteiger partial charge in [0.1, 0.15) is 0 Å². The Balaban J connectivity index is 2.45. The summed E-state index contributed by atoms with van der Waals surface area (Å²) in [5.41, 5.74) is 0. The van der Waals surface area contributed by atoms with Crippen molar-refractivity contribution >= 4 is 21.1 Å². The summed E-state index contributed by atoms with van der Waals surface area (Å²) in [7, 11) is 0. The van der Waals surface area contributed by atoms with Crippen LogP contribution in [0.3, 0.4) is 0 Å². The molecule has 0 amide bonds. The molecule has 0 atom stereocenters. The van der Waals surface area contributed by atoms with Gasteiger partial charge in [-0.3, -0.25) is 0 Å².